The highest BCUT2D eigenvalue weighted by molar-refractivity contribution is 6.33. The van der Waals surface area contributed by atoms with Crippen molar-refractivity contribution in [2.45, 2.75) is 12.8 Å². The predicted molar refractivity (Wildman–Crippen MR) is 70.1 cm³/mol. The zero-order valence-electron chi connectivity index (χ0n) is 9.88. The molecule has 2 rings (SSSR count). The molecule has 0 unspecified atom stereocenters. The Bertz CT molecular complexity index is 453. The number of hydrogen-bond donors (Lipinski definition) is 1. The Labute approximate surface area is 110 Å². The van der Waals surface area contributed by atoms with E-state index in [-0.39, 0.29) is 18.2 Å². The van der Waals surface area contributed by atoms with E-state index in [4.69, 9.17) is 11.6 Å². The minimum absolute atomic E-state index is 0.000493. The summed E-state index contributed by atoms with van der Waals surface area (Å²) < 4.78 is 0. The number of nitro benzene ring substituents is 1. The third-order valence-corrected chi connectivity index (χ3v) is 3.56. The van der Waals surface area contributed by atoms with Crippen molar-refractivity contribution in [2.75, 3.05) is 24.6 Å². The number of rotatable bonds is 3. The van der Waals surface area contributed by atoms with Crippen molar-refractivity contribution in [3.05, 3.63) is 33.3 Å². The van der Waals surface area contributed by atoms with Gasteiger partial charge in [-0.2, -0.15) is 0 Å². The quantitative estimate of drug-likeness (QED) is 0.677. The number of non-ortho nitro benzene ring substituents is 1. The normalized spacial score (nSPS) is 19.9. The van der Waals surface area contributed by atoms with Gasteiger partial charge in [-0.25, -0.2) is 0 Å². The summed E-state index contributed by atoms with van der Waals surface area (Å²) in [6.07, 6.45) is 2.01. The molecule has 1 aliphatic rings. The maximum Gasteiger partial charge on any atom is 0.271 e. The van der Waals surface area contributed by atoms with Crippen LogP contribution in [0.5, 0.6) is 0 Å². The van der Waals surface area contributed by atoms with Crippen LogP contribution >= 0.6 is 11.6 Å². The van der Waals surface area contributed by atoms with Gasteiger partial charge >= 0.3 is 0 Å². The summed E-state index contributed by atoms with van der Waals surface area (Å²) in [6, 6.07) is 4.52. The van der Waals surface area contributed by atoms with E-state index in [9.17, 15) is 15.2 Å². The second-order valence-corrected chi connectivity index (χ2v) is 4.94. The highest BCUT2D eigenvalue weighted by Crippen LogP contribution is 2.32. The monoisotopic (exact) mass is 270 g/mol. The van der Waals surface area contributed by atoms with E-state index in [1.807, 2.05) is 0 Å². The third kappa shape index (κ3) is 2.73. The lowest BCUT2D eigenvalue weighted by atomic mass is 9.98. The van der Waals surface area contributed by atoms with Crippen LogP contribution in [0.3, 0.4) is 0 Å². The molecule has 1 atom stereocenters. The number of hydrogen-bond acceptors (Lipinski definition) is 4. The van der Waals surface area contributed by atoms with E-state index in [0.29, 0.717) is 5.02 Å². The smallest absolute Gasteiger partial charge is 0.271 e. The zero-order valence-corrected chi connectivity index (χ0v) is 10.6. The predicted octanol–water partition coefficient (Wildman–Crippen LogP) is 2.46. The van der Waals surface area contributed by atoms with Crippen LogP contribution in [0.2, 0.25) is 5.02 Å². The van der Waals surface area contributed by atoms with E-state index < -0.39 is 4.92 Å². The van der Waals surface area contributed by atoms with Crippen molar-refractivity contribution >= 4 is 23.0 Å². The number of piperidine rings is 1. The Hall–Kier alpha value is -1.33. The SMILES string of the molecule is O=[N+]([O-])c1ccc(N2CCC[C@@H](CO)C2)c(Cl)c1. The van der Waals surface area contributed by atoms with Gasteiger partial charge in [0.05, 0.1) is 15.6 Å². The molecule has 1 aliphatic heterocycles. The van der Waals surface area contributed by atoms with Crippen LogP contribution in [0.1, 0.15) is 12.8 Å². The number of nitrogens with zero attached hydrogens (tertiary/aromatic N) is 2. The summed E-state index contributed by atoms with van der Waals surface area (Å²) in [5.41, 5.74) is 0.805. The average Bonchev–Trinajstić information content (AvgIpc) is 2.38. The van der Waals surface area contributed by atoms with E-state index >= 15 is 0 Å². The highest BCUT2D eigenvalue weighted by atomic mass is 35.5. The van der Waals surface area contributed by atoms with Crippen molar-refractivity contribution in [1.82, 2.24) is 0 Å². The number of nitro groups is 1. The van der Waals surface area contributed by atoms with Crippen LogP contribution in [0.4, 0.5) is 11.4 Å². The molecule has 0 radical (unpaired) electrons. The van der Waals surface area contributed by atoms with Gasteiger partial charge in [0.15, 0.2) is 0 Å². The van der Waals surface area contributed by atoms with Gasteiger partial charge in [0.2, 0.25) is 0 Å². The van der Waals surface area contributed by atoms with Gasteiger partial charge in [0, 0.05) is 31.8 Å². The van der Waals surface area contributed by atoms with Crippen molar-refractivity contribution in [1.29, 1.82) is 0 Å². The summed E-state index contributed by atoms with van der Waals surface area (Å²) in [5.74, 6) is 0.255. The summed E-state index contributed by atoms with van der Waals surface area (Å²) in [7, 11) is 0. The van der Waals surface area contributed by atoms with Crippen LogP contribution in [-0.4, -0.2) is 29.7 Å². The van der Waals surface area contributed by atoms with E-state index in [0.717, 1.165) is 31.6 Å². The lowest BCUT2D eigenvalue weighted by Gasteiger charge is -2.34. The first kappa shape index (κ1) is 13.1. The van der Waals surface area contributed by atoms with Crippen LogP contribution in [0.25, 0.3) is 0 Å². The molecule has 0 spiro atoms. The van der Waals surface area contributed by atoms with Crippen molar-refractivity contribution in [2.24, 2.45) is 5.92 Å². The minimum atomic E-state index is -0.456. The number of anilines is 1. The molecule has 6 heteroatoms. The summed E-state index contributed by atoms with van der Waals surface area (Å²) in [5, 5.41) is 20.2. The average molecular weight is 271 g/mol. The van der Waals surface area contributed by atoms with Gasteiger partial charge in [-0.05, 0) is 24.8 Å². The zero-order chi connectivity index (χ0) is 13.1. The second kappa shape index (κ2) is 5.54. The lowest BCUT2D eigenvalue weighted by Crippen LogP contribution is -2.36. The Morgan fingerprint density at radius 2 is 2.33 bits per heavy atom. The van der Waals surface area contributed by atoms with Crippen molar-refractivity contribution in [3.63, 3.8) is 0 Å². The summed E-state index contributed by atoms with van der Waals surface area (Å²) >= 11 is 6.09. The molecular weight excluding hydrogens is 256 g/mol. The third-order valence-electron chi connectivity index (χ3n) is 3.26. The topological polar surface area (TPSA) is 66.6 Å². The fraction of sp³-hybridized carbons (Fsp3) is 0.500. The molecule has 1 N–H and O–H groups in total. The minimum Gasteiger partial charge on any atom is -0.396 e. The van der Waals surface area contributed by atoms with Crippen LogP contribution in [-0.2, 0) is 0 Å². The lowest BCUT2D eigenvalue weighted by molar-refractivity contribution is -0.384. The molecule has 0 bridgehead atoms. The molecular formula is C12H15ClN2O3. The number of halogens is 1. The highest BCUT2D eigenvalue weighted by Gasteiger charge is 2.22. The van der Waals surface area contributed by atoms with E-state index in [1.165, 1.54) is 12.1 Å². The van der Waals surface area contributed by atoms with Crippen LogP contribution in [0, 0.1) is 16.0 Å². The van der Waals surface area contributed by atoms with Crippen molar-refractivity contribution in [3.8, 4) is 0 Å². The first-order valence-electron chi connectivity index (χ1n) is 5.91. The van der Waals surface area contributed by atoms with E-state index in [1.54, 1.807) is 6.07 Å². The van der Waals surface area contributed by atoms with Gasteiger partial charge in [0.25, 0.3) is 5.69 Å². The maximum atomic E-state index is 10.6. The fourth-order valence-corrected chi connectivity index (χ4v) is 2.59. The molecule has 18 heavy (non-hydrogen) atoms. The van der Waals surface area contributed by atoms with Crippen LogP contribution in [0.15, 0.2) is 18.2 Å². The molecule has 0 aliphatic carbocycles. The molecule has 0 aromatic heterocycles. The largest absolute Gasteiger partial charge is 0.396 e. The molecule has 5 nitrogen and oxygen atoms in total. The molecule has 1 fully saturated rings. The summed E-state index contributed by atoms with van der Waals surface area (Å²) in [6.45, 7) is 1.78. The Morgan fingerprint density at radius 1 is 1.56 bits per heavy atom. The first-order valence-corrected chi connectivity index (χ1v) is 6.29. The van der Waals surface area contributed by atoms with Gasteiger partial charge in [-0.3, -0.25) is 10.1 Å². The molecule has 1 heterocycles. The summed E-state index contributed by atoms with van der Waals surface area (Å²) in [4.78, 5) is 12.3. The molecule has 98 valence electrons. The van der Waals surface area contributed by atoms with Gasteiger partial charge in [-0.1, -0.05) is 11.6 Å². The Balaban J connectivity index is 2.20. The Morgan fingerprint density at radius 3 is 2.94 bits per heavy atom. The van der Waals surface area contributed by atoms with Gasteiger partial charge < -0.3 is 10.0 Å². The molecule has 0 saturated carbocycles. The van der Waals surface area contributed by atoms with Crippen molar-refractivity contribution < 1.29 is 10.0 Å². The van der Waals surface area contributed by atoms with E-state index in [2.05, 4.69) is 4.90 Å². The molecule has 1 aromatic carbocycles. The molecule has 1 aromatic rings. The maximum absolute atomic E-state index is 10.6. The standard InChI is InChI=1S/C12H15ClN2O3/c13-11-6-10(15(17)18)3-4-12(11)14-5-1-2-9(7-14)8-16/h3-4,6,9,16H,1-2,5,7-8H2/t9-/m1/s1. The second-order valence-electron chi connectivity index (χ2n) is 4.53. The fourth-order valence-electron chi connectivity index (χ4n) is 2.30. The number of benzene rings is 1. The number of aliphatic hydroxyl groups excluding tert-OH is 1. The molecule has 1 saturated heterocycles. The molecule has 0 amide bonds. The Kier molecular flexibility index (Phi) is 4.04. The van der Waals surface area contributed by atoms with Gasteiger partial charge in [-0.15, -0.1) is 0 Å². The first-order chi connectivity index (χ1) is 8.61. The van der Waals surface area contributed by atoms with Gasteiger partial charge in [0.1, 0.15) is 0 Å². The number of aliphatic hydroxyl groups is 1. The van der Waals surface area contributed by atoms with Crippen LogP contribution < -0.4 is 4.90 Å².